The Morgan fingerprint density at radius 2 is 1.61 bits per heavy atom. The number of hydrogen-bond acceptors (Lipinski definition) is 4. The predicted molar refractivity (Wildman–Crippen MR) is 130 cm³/mol. The minimum absolute atomic E-state index is 0.174. The summed E-state index contributed by atoms with van der Waals surface area (Å²) in [6.07, 6.45) is 1.03. The molecule has 0 saturated carbocycles. The summed E-state index contributed by atoms with van der Waals surface area (Å²) in [4.78, 5) is 11.8. The molecule has 33 heavy (non-hydrogen) atoms. The summed E-state index contributed by atoms with van der Waals surface area (Å²) in [5.74, 6) is 0.634. The molecule has 4 aromatic carbocycles. The van der Waals surface area contributed by atoms with Gasteiger partial charge in [0.25, 0.3) is 10.0 Å². The lowest BCUT2D eigenvalue weighted by molar-refractivity contribution is -0.107. The Morgan fingerprint density at radius 1 is 0.848 bits per heavy atom. The van der Waals surface area contributed by atoms with Crippen LogP contribution in [0.4, 0.5) is 0 Å². The number of benzene rings is 4. The summed E-state index contributed by atoms with van der Waals surface area (Å²) < 4.78 is 34.4. The van der Waals surface area contributed by atoms with Crippen LogP contribution in [0.3, 0.4) is 0 Å². The van der Waals surface area contributed by atoms with E-state index in [0.29, 0.717) is 22.5 Å². The van der Waals surface area contributed by atoms with Gasteiger partial charge in [0, 0.05) is 17.4 Å². The van der Waals surface area contributed by atoms with Gasteiger partial charge < -0.3 is 9.53 Å². The van der Waals surface area contributed by atoms with Crippen LogP contribution in [-0.2, 0) is 21.2 Å². The fourth-order valence-corrected chi connectivity index (χ4v) is 5.87. The van der Waals surface area contributed by atoms with Gasteiger partial charge in [0.2, 0.25) is 0 Å². The Balaban J connectivity index is 1.89. The Morgan fingerprint density at radius 3 is 2.36 bits per heavy atom. The highest BCUT2D eigenvalue weighted by Gasteiger charge is 2.25. The molecule has 5 rings (SSSR count). The number of ether oxygens (including phenoxy) is 1. The van der Waals surface area contributed by atoms with E-state index in [0.717, 1.165) is 28.0 Å². The van der Waals surface area contributed by atoms with Gasteiger partial charge in [0.05, 0.1) is 23.2 Å². The van der Waals surface area contributed by atoms with Crippen molar-refractivity contribution in [3.8, 4) is 17.0 Å². The van der Waals surface area contributed by atoms with E-state index in [1.807, 2.05) is 48.5 Å². The fraction of sp³-hybridized carbons (Fsp3) is 0.0741. The quantitative estimate of drug-likeness (QED) is 0.320. The predicted octanol–water partition coefficient (Wildman–Crippen LogP) is 5.45. The maximum absolute atomic E-state index is 13.9. The third-order valence-corrected chi connectivity index (χ3v) is 7.59. The Bertz CT molecular complexity index is 1600. The first-order chi connectivity index (χ1) is 16.0. The van der Waals surface area contributed by atoms with E-state index >= 15 is 0 Å². The Kier molecular flexibility index (Phi) is 5.23. The maximum atomic E-state index is 13.9. The normalized spacial score (nSPS) is 11.7. The van der Waals surface area contributed by atoms with Gasteiger partial charge in [0.15, 0.2) is 0 Å². The zero-order valence-corrected chi connectivity index (χ0v) is 18.7. The molecule has 0 atom stereocenters. The molecule has 0 fully saturated rings. The second-order valence-electron chi connectivity index (χ2n) is 7.72. The molecule has 0 spiro atoms. The summed E-state index contributed by atoms with van der Waals surface area (Å²) >= 11 is 0. The van der Waals surface area contributed by atoms with Gasteiger partial charge in [0.1, 0.15) is 12.0 Å². The van der Waals surface area contributed by atoms with Crippen molar-refractivity contribution in [2.45, 2.75) is 11.3 Å². The SMILES string of the molecule is COc1ccc2c(c1)cc(-c1ccc3ccccc3c1CC=O)n2S(=O)(=O)c1ccccc1. The number of methoxy groups -OCH3 is 1. The lowest BCUT2D eigenvalue weighted by Crippen LogP contribution is -2.14. The molecule has 1 aromatic heterocycles. The molecule has 164 valence electrons. The summed E-state index contributed by atoms with van der Waals surface area (Å²) in [7, 11) is -2.34. The second-order valence-corrected chi connectivity index (χ2v) is 9.51. The summed E-state index contributed by atoms with van der Waals surface area (Å²) in [6.45, 7) is 0. The summed E-state index contributed by atoms with van der Waals surface area (Å²) in [5, 5.41) is 2.65. The fourth-order valence-electron chi connectivity index (χ4n) is 4.32. The van der Waals surface area contributed by atoms with E-state index < -0.39 is 10.0 Å². The lowest BCUT2D eigenvalue weighted by Gasteiger charge is -2.16. The molecule has 0 aliphatic rings. The largest absolute Gasteiger partial charge is 0.497 e. The Labute approximate surface area is 191 Å². The highest BCUT2D eigenvalue weighted by molar-refractivity contribution is 7.90. The van der Waals surface area contributed by atoms with Crippen molar-refractivity contribution in [3.63, 3.8) is 0 Å². The number of carbonyl (C=O) groups is 1. The molecule has 6 heteroatoms. The number of aldehydes is 1. The number of carbonyl (C=O) groups excluding carboxylic acids is 1. The number of nitrogens with zero attached hydrogens (tertiary/aromatic N) is 1. The third-order valence-electron chi connectivity index (χ3n) is 5.85. The summed E-state index contributed by atoms with van der Waals surface area (Å²) in [5.41, 5.74) is 2.54. The zero-order valence-electron chi connectivity index (χ0n) is 17.9. The van der Waals surface area contributed by atoms with E-state index in [1.165, 1.54) is 3.97 Å². The van der Waals surface area contributed by atoms with Crippen LogP contribution >= 0.6 is 0 Å². The van der Waals surface area contributed by atoms with E-state index in [4.69, 9.17) is 4.74 Å². The molecule has 0 bridgehead atoms. The van der Waals surface area contributed by atoms with Gasteiger partial charge in [-0.05, 0) is 52.7 Å². The van der Waals surface area contributed by atoms with Gasteiger partial charge in [-0.15, -0.1) is 0 Å². The maximum Gasteiger partial charge on any atom is 0.268 e. The molecule has 0 N–H and O–H groups in total. The second kappa shape index (κ2) is 8.22. The number of aromatic nitrogens is 1. The molecular formula is C27H21NO4S. The van der Waals surface area contributed by atoms with Crippen LogP contribution in [0.15, 0.2) is 95.9 Å². The minimum atomic E-state index is -3.92. The van der Waals surface area contributed by atoms with E-state index in [-0.39, 0.29) is 11.3 Å². The first-order valence-corrected chi connectivity index (χ1v) is 11.9. The topological polar surface area (TPSA) is 65.4 Å². The lowest BCUT2D eigenvalue weighted by atomic mass is 9.95. The zero-order chi connectivity index (χ0) is 23.0. The molecule has 0 aliphatic heterocycles. The van der Waals surface area contributed by atoms with E-state index in [2.05, 4.69) is 0 Å². The van der Waals surface area contributed by atoms with Gasteiger partial charge >= 0.3 is 0 Å². The van der Waals surface area contributed by atoms with Gasteiger partial charge in [-0.1, -0.05) is 54.6 Å². The number of rotatable bonds is 6. The molecule has 5 nitrogen and oxygen atoms in total. The van der Waals surface area contributed by atoms with Crippen LogP contribution in [0, 0.1) is 0 Å². The van der Waals surface area contributed by atoms with Crippen molar-refractivity contribution < 1.29 is 17.9 Å². The molecule has 0 radical (unpaired) electrons. The van der Waals surface area contributed by atoms with Gasteiger partial charge in [-0.25, -0.2) is 12.4 Å². The highest BCUT2D eigenvalue weighted by Crippen LogP contribution is 2.37. The van der Waals surface area contributed by atoms with Crippen LogP contribution in [0.1, 0.15) is 5.56 Å². The van der Waals surface area contributed by atoms with Crippen LogP contribution in [0.2, 0.25) is 0 Å². The third kappa shape index (κ3) is 3.49. The molecule has 0 amide bonds. The average Bonchev–Trinajstić information content (AvgIpc) is 3.24. The number of hydrogen-bond donors (Lipinski definition) is 0. The van der Waals surface area contributed by atoms with Crippen molar-refractivity contribution in [1.29, 1.82) is 0 Å². The molecule has 1 heterocycles. The smallest absolute Gasteiger partial charge is 0.268 e. The molecule has 0 aliphatic carbocycles. The minimum Gasteiger partial charge on any atom is -0.497 e. The standard InChI is InChI=1S/C27H21NO4S/c1-32-21-12-14-26-20(17-21)18-27(28(26)33(30,31)22-8-3-2-4-9-22)25-13-11-19-7-5-6-10-23(19)24(25)15-16-29/h2-14,16-18H,15H2,1H3. The highest BCUT2D eigenvalue weighted by atomic mass is 32.2. The monoisotopic (exact) mass is 455 g/mol. The van der Waals surface area contributed by atoms with Crippen molar-refractivity contribution in [1.82, 2.24) is 3.97 Å². The van der Waals surface area contributed by atoms with Crippen molar-refractivity contribution in [3.05, 3.63) is 96.6 Å². The van der Waals surface area contributed by atoms with Crippen LogP contribution in [0.25, 0.3) is 32.9 Å². The molecule has 0 unspecified atom stereocenters. The average molecular weight is 456 g/mol. The first-order valence-electron chi connectivity index (χ1n) is 10.5. The molecule has 5 aromatic rings. The molecular weight excluding hydrogens is 434 g/mol. The number of fused-ring (bicyclic) bond motifs is 2. The van der Waals surface area contributed by atoms with Crippen molar-refractivity contribution >= 4 is 38.0 Å². The van der Waals surface area contributed by atoms with Crippen molar-refractivity contribution in [2.24, 2.45) is 0 Å². The molecule has 0 saturated heterocycles. The van der Waals surface area contributed by atoms with Crippen LogP contribution < -0.4 is 4.74 Å². The van der Waals surface area contributed by atoms with E-state index in [9.17, 15) is 13.2 Å². The van der Waals surface area contributed by atoms with E-state index in [1.54, 1.807) is 49.6 Å². The van der Waals surface area contributed by atoms with Crippen LogP contribution in [0.5, 0.6) is 5.75 Å². The summed E-state index contributed by atoms with van der Waals surface area (Å²) in [6, 6.07) is 27.2. The first kappa shape index (κ1) is 21.0. The van der Waals surface area contributed by atoms with Gasteiger partial charge in [-0.3, -0.25) is 0 Å². The van der Waals surface area contributed by atoms with Crippen LogP contribution in [-0.4, -0.2) is 25.8 Å². The Hall–Kier alpha value is -3.90. The van der Waals surface area contributed by atoms with Crippen molar-refractivity contribution in [2.75, 3.05) is 7.11 Å². The van der Waals surface area contributed by atoms with Gasteiger partial charge in [-0.2, -0.15) is 0 Å².